The topological polar surface area (TPSA) is 62.2 Å². The van der Waals surface area contributed by atoms with Crippen molar-refractivity contribution in [3.63, 3.8) is 0 Å². The lowest BCUT2D eigenvalue weighted by molar-refractivity contribution is 0.475. The van der Waals surface area contributed by atoms with Crippen molar-refractivity contribution in [3.05, 3.63) is 77.5 Å². The van der Waals surface area contributed by atoms with Crippen LogP contribution in [-0.2, 0) is 0 Å². The van der Waals surface area contributed by atoms with Crippen molar-refractivity contribution in [2.75, 3.05) is 0 Å². The summed E-state index contributed by atoms with van der Waals surface area (Å²) < 4.78 is 1.95. The van der Waals surface area contributed by atoms with Crippen LogP contribution >= 0.6 is 0 Å². The summed E-state index contributed by atoms with van der Waals surface area (Å²) in [5.74, 6) is 0.832. The number of aryl methyl sites for hydroxylation is 3. The third-order valence-electron chi connectivity index (χ3n) is 4.55. The molecule has 134 valence electrons. The molecule has 0 aliphatic heterocycles. The van der Waals surface area contributed by atoms with Gasteiger partial charge in [0.15, 0.2) is 5.82 Å². The minimum atomic E-state index is 0.162. The molecule has 1 N–H and O–H groups in total. The van der Waals surface area contributed by atoms with Crippen LogP contribution in [0.15, 0.2) is 71.0 Å². The summed E-state index contributed by atoms with van der Waals surface area (Å²) in [6.07, 6.45) is 1.94. The van der Waals surface area contributed by atoms with Crippen LogP contribution in [-0.4, -0.2) is 14.5 Å². The van der Waals surface area contributed by atoms with Crippen molar-refractivity contribution in [3.8, 4) is 17.0 Å². The van der Waals surface area contributed by atoms with Crippen LogP contribution in [0.4, 0.5) is 11.5 Å². The molecule has 4 rings (SSSR count). The van der Waals surface area contributed by atoms with Gasteiger partial charge in [0, 0.05) is 17.8 Å². The molecule has 2 aromatic carbocycles. The molecule has 0 spiro atoms. The molecule has 5 heteroatoms. The number of azo groups is 1. The second kappa shape index (κ2) is 6.68. The van der Waals surface area contributed by atoms with E-state index >= 15 is 0 Å². The number of nitrogens with zero attached hydrogens (tertiary/aromatic N) is 4. The van der Waals surface area contributed by atoms with Crippen molar-refractivity contribution < 1.29 is 5.11 Å². The van der Waals surface area contributed by atoms with Gasteiger partial charge in [0.1, 0.15) is 17.1 Å². The Morgan fingerprint density at radius 2 is 1.74 bits per heavy atom. The Bertz CT molecular complexity index is 1170. The quantitative estimate of drug-likeness (QED) is 0.454. The monoisotopic (exact) mass is 356 g/mol. The zero-order chi connectivity index (χ0) is 19.0. The number of imidazole rings is 1. The standard InChI is InChI=1S/C22H20N4O/c1-14-9-10-19(16(3)12-14)20-22(25-24-17-7-4-8-18(27)13-17)26-11-5-6-15(2)21(26)23-20/h4-13,27H,1-3H3. The molecule has 27 heavy (non-hydrogen) atoms. The highest BCUT2D eigenvalue weighted by molar-refractivity contribution is 5.77. The zero-order valence-electron chi connectivity index (χ0n) is 15.5. The van der Waals surface area contributed by atoms with E-state index in [1.54, 1.807) is 24.3 Å². The van der Waals surface area contributed by atoms with Crippen molar-refractivity contribution >= 4 is 17.2 Å². The average molecular weight is 356 g/mol. The second-order valence-corrected chi connectivity index (χ2v) is 6.71. The number of aromatic hydroxyl groups is 1. The Balaban J connectivity index is 1.93. The molecular weight excluding hydrogens is 336 g/mol. The number of benzene rings is 2. The zero-order valence-corrected chi connectivity index (χ0v) is 15.5. The molecule has 0 aliphatic rings. The van der Waals surface area contributed by atoms with E-state index in [9.17, 15) is 5.11 Å². The van der Waals surface area contributed by atoms with Crippen LogP contribution in [0.25, 0.3) is 16.9 Å². The van der Waals surface area contributed by atoms with E-state index in [2.05, 4.69) is 42.3 Å². The normalized spacial score (nSPS) is 11.5. The first-order valence-electron chi connectivity index (χ1n) is 8.79. The predicted molar refractivity (Wildman–Crippen MR) is 107 cm³/mol. The summed E-state index contributed by atoms with van der Waals surface area (Å²) in [6, 6.07) is 17.0. The van der Waals surface area contributed by atoms with E-state index in [-0.39, 0.29) is 5.75 Å². The van der Waals surface area contributed by atoms with Crippen LogP contribution in [0, 0.1) is 20.8 Å². The lowest BCUT2D eigenvalue weighted by Crippen LogP contribution is -1.86. The molecule has 0 bridgehead atoms. The van der Waals surface area contributed by atoms with Crippen molar-refractivity contribution in [2.24, 2.45) is 10.2 Å². The van der Waals surface area contributed by atoms with Gasteiger partial charge in [-0.1, -0.05) is 35.9 Å². The van der Waals surface area contributed by atoms with Gasteiger partial charge in [-0.15, -0.1) is 10.2 Å². The van der Waals surface area contributed by atoms with Crippen LogP contribution in [0.1, 0.15) is 16.7 Å². The van der Waals surface area contributed by atoms with Gasteiger partial charge in [0.2, 0.25) is 0 Å². The lowest BCUT2D eigenvalue weighted by Gasteiger charge is -2.05. The predicted octanol–water partition coefficient (Wildman–Crippen LogP) is 6.05. The fourth-order valence-electron chi connectivity index (χ4n) is 3.21. The summed E-state index contributed by atoms with van der Waals surface area (Å²) in [4.78, 5) is 4.86. The number of aromatic nitrogens is 2. The molecule has 0 radical (unpaired) electrons. The third kappa shape index (κ3) is 3.19. The van der Waals surface area contributed by atoms with Gasteiger partial charge in [0.05, 0.1) is 5.69 Å². The number of fused-ring (bicyclic) bond motifs is 1. The van der Waals surface area contributed by atoms with Gasteiger partial charge < -0.3 is 5.11 Å². The molecule has 0 saturated carbocycles. The summed E-state index contributed by atoms with van der Waals surface area (Å²) in [5, 5.41) is 18.5. The number of hydrogen-bond donors (Lipinski definition) is 1. The Kier molecular flexibility index (Phi) is 4.20. The Labute approximate surface area is 157 Å². The van der Waals surface area contributed by atoms with Crippen molar-refractivity contribution in [1.82, 2.24) is 9.38 Å². The van der Waals surface area contributed by atoms with E-state index in [1.807, 2.05) is 29.7 Å². The fraction of sp³-hybridized carbons (Fsp3) is 0.136. The van der Waals surface area contributed by atoms with Crippen molar-refractivity contribution in [2.45, 2.75) is 20.8 Å². The molecule has 4 aromatic rings. The highest BCUT2D eigenvalue weighted by Crippen LogP contribution is 2.35. The minimum absolute atomic E-state index is 0.162. The highest BCUT2D eigenvalue weighted by atomic mass is 16.3. The van der Waals surface area contributed by atoms with Crippen molar-refractivity contribution in [1.29, 1.82) is 0 Å². The molecule has 0 amide bonds. The van der Waals surface area contributed by atoms with Gasteiger partial charge in [-0.05, 0) is 50.1 Å². The molecule has 0 atom stereocenters. The molecule has 0 unspecified atom stereocenters. The maximum absolute atomic E-state index is 9.65. The van der Waals surface area contributed by atoms with E-state index < -0.39 is 0 Å². The van der Waals surface area contributed by atoms with E-state index in [1.165, 1.54) is 5.56 Å². The Hall–Kier alpha value is -3.47. The number of pyridine rings is 1. The minimum Gasteiger partial charge on any atom is -0.508 e. The van der Waals surface area contributed by atoms with Crippen LogP contribution < -0.4 is 0 Å². The number of phenols is 1. The maximum atomic E-state index is 9.65. The van der Waals surface area contributed by atoms with Crippen LogP contribution in [0.3, 0.4) is 0 Å². The Morgan fingerprint density at radius 3 is 2.52 bits per heavy atom. The average Bonchev–Trinajstić information content (AvgIpc) is 3.00. The molecule has 0 fully saturated rings. The molecule has 5 nitrogen and oxygen atoms in total. The molecule has 2 heterocycles. The molecule has 2 aromatic heterocycles. The number of phenolic OH excluding ortho intramolecular Hbond substituents is 1. The SMILES string of the molecule is Cc1ccc(-c2nc3c(C)cccn3c2N=Nc2cccc(O)c2)c(C)c1. The van der Waals surface area contributed by atoms with Crippen LogP contribution in [0.2, 0.25) is 0 Å². The van der Waals surface area contributed by atoms with E-state index in [0.29, 0.717) is 11.5 Å². The number of hydrogen-bond acceptors (Lipinski definition) is 4. The van der Waals surface area contributed by atoms with Gasteiger partial charge in [-0.3, -0.25) is 4.40 Å². The first kappa shape index (κ1) is 17.0. The largest absolute Gasteiger partial charge is 0.508 e. The molecule has 0 saturated heterocycles. The highest BCUT2D eigenvalue weighted by Gasteiger charge is 2.16. The van der Waals surface area contributed by atoms with Gasteiger partial charge in [-0.2, -0.15) is 0 Å². The first-order chi connectivity index (χ1) is 13.0. The van der Waals surface area contributed by atoms with Gasteiger partial charge >= 0.3 is 0 Å². The Morgan fingerprint density at radius 1 is 0.889 bits per heavy atom. The second-order valence-electron chi connectivity index (χ2n) is 6.71. The molecular formula is C22H20N4O. The van der Waals surface area contributed by atoms with E-state index in [0.717, 1.165) is 28.0 Å². The third-order valence-corrected chi connectivity index (χ3v) is 4.55. The number of rotatable bonds is 3. The summed E-state index contributed by atoms with van der Waals surface area (Å²) >= 11 is 0. The summed E-state index contributed by atoms with van der Waals surface area (Å²) in [5.41, 5.74) is 6.70. The maximum Gasteiger partial charge on any atom is 0.187 e. The van der Waals surface area contributed by atoms with Gasteiger partial charge in [0.25, 0.3) is 0 Å². The summed E-state index contributed by atoms with van der Waals surface area (Å²) in [7, 11) is 0. The first-order valence-corrected chi connectivity index (χ1v) is 8.79. The summed E-state index contributed by atoms with van der Waals surface area (Å²) in [6.45, 7) is 6.19. The lowest BCUT2D eigenvalue weighted by atomic mass is 10.0. The van der Waals surface area contributed by atoms with E-state index in [4.69, 9.17) is 4.98 Å². The van der Waals surface area contributed by atoms with Gasteiger partial charge in [-0.25, -0.2) is 4.98 Å². The smallest absolute Gasteiger partial charge is 0.187 e. The molecule has 0 aliphatic carbocycles. The van der Waals surface area contributed by atoms with Crippen LogP contribution in [0.5, 0.6) is 5.75 Å². The fourth-order valence-corrected chi connectivity index (χ4v) is 3.21.